The molecule has 0 aromatic rings. The van der Waals surface area contributed by atoms with Crippen LogP contribution in [0.4, 0.5) is 0 Å². The molecular weight excluding hydrogens is 246 g/mol. The second-order valence-electron chi connectivity index (χ2n) is 5.96. The Morgan fingerprint density at radius 2 is 1.90 bits per heavy atom. The Morgan fingerprint density at radius 3 is 2.40 bits per heavy atom. The van der Waals surface area contributed by atoms with E-state index in [4.69, 9.17) is 0 Å². The number of nitrogens with zero attached hydrogens (tertiary/aromatic N) is 1. The molecule has 0 saturated carbocycles. The van der Waals surface area contributed by atoms with Crippen LogP contribution in [-0.2, 0) is 0 Å². The van der Waals surface area contributed by atoms with Gasteiger partial charge in [0, 0.05) is 18.8 Å². The molecule has 0 aromatic heterocycles. The lowest BCUT2D eigenvalue weighted by Crippen LogP contribution is -2.42. The van der Waals surface area contributed by atoms with Gasteiger partial charge in [-0.3, -0.25) is 0 Å². The molecule has 1 heterocycles. The van der Waals surface area contributed by atoms with Gasteiger partial charge in [0.25, 0.3) is 0 Å². The van der Waals surface area contributed by atoms with Crippen molar-refractivity contribution >= 4 is 0 Å². The highest BCUT2D eigenvalue weighted by Gasteiger charge is 2.28. The summed E-state index contributed by atoms with van der Waals surface area (Å²) >= 11 is 0. The molecule has 1 aliphatic heterocycles. The van der Waals surface area contributed by atoms with Crippen molar-refractivity contribution in [3.05, 3.63) is 47.7 Å². The molecule has 2 nitrogen and oxygen atoms in total. The Morgan fingerprint density at radius 1 is 1.30 bits per heavy atom. The summed E-state index contributed by atoms with van der Waals surface area (Å²) in [5.74, 6) is 0. The van der Waals surface area contributed by atoms with Crippen LogP contribution in [0, 0.1) is 0 Å². The first kappa shape index (κ1) is 16.8. The normalized spacial score (nSPS) is 21.1. The zero-order chi connectivity index (χ0) is 15.2. The van der Waals surface area contributed by atoms with Gasteiger partial charge in [-0.05, 0) is 51.7 Å². The minimum Gasteiger partial charge on any atom is -0.390 e. The average Bonchev–Trinajstić information content (AvgIpc) is 2.37. The van der Waals surface area contributed by atoms with Crippen LogP contribution in [0.3, 0.4) is 0 Å². The van der Waals surface area contributed by atoms with Crippen molar-refractivity contribution in [2.75, 3.05) is 13.1 Å². The van der Waals surface area contributed by atoms with Crippen LogP contribution in [0.2, 0.25) is 0 Å². The first-order valence-corrected chi connectivity index (χ1v) is 7.55. The quantitative estimate of drug-likeness (QED) is 0.760. The Balaban J connectivity index is 2.98. The summed E-state index contributed by atoms with van der Waals surface area (Å²) in [6.07, 6.45) is 11.1. The van der Waals surface area contributed by atoms with Gasteiger partial charge in [-0.1, -0.05) is 37.3 Å². The summed E-state index contributed by atoms with van der Waals surface area (Å²) < 4.78 is 0. The van der Waals surface area contributed by atoms with Crippen LogP contribution in [-0.4, -0.2) is 28.7 Å². The fourth-order valence-corrected chi connectivity index (χ4v) is 2.54. The monoisotopic (exact) mass is 275 g/mol. The fourth-order valence-electron chi connectivity index (χ4n) is 2.54. The molecule has 20 heavy (non-hydrogen) atoms. The number of rotatable bonds is 5. The second kappa shape index (κ2) is 7.49. The van der Waals surface area contributed by atoms with E-state index in [1.54, 1.807) is 0 Å². The molecule has 1 N–H and O–H groups in total. The third-order valence-corrected chi connectivity index (χ3v) is 3.84. The average molecular weight is 275 g/mol. The van der Waals surface area contributed by atoms with Gasteiger partial charge in [0.15, 0.2) is 0 Å². The minimum atomic E-state index is -0.508. The van der Waals surface area contributed by atoms with Crippen molar-refractivity contribution in [2.24, 2.45) is 0 Å². The second-order valence-corrected chi connectivity index (χ2v) is 5.96. The molecular formula is C18H29NO. The molecule has 0 bridgehead atoms. The fraction of sp³-hybridized carbons (Fsp3) is 0.556. The van der Waals surface area contributed by atoms with Crippen LogP contribution in [0.1, 0.15) is 47.0 Å². The van der Waals surface area contributed by atoms with Crippen molar-refractivity contribution < 1.29 is 5.11 Å². The van der Waals surface area contributed by atoms with Crippen molar-refractivity contribution in [1.82, 2.24) is 4.90 Å². The maximum absolute atomic E-state index is 10.1. The standard InChI is InChI=1S/C18H29NO/c1-6-8-15(3)14-17(16(4)9-7-2)19-12-10-18(5,20)11-13-19/h7-9,14,20H,2,6,10-13H2,1,3-5H3/b15-8-,16-9?,17-14-. The van der Waals surface area contributed by atoms with Gasteiger partial charge in [-0.25, -0.2) is 0 Å². The lowest BCUT2D eigenvalue weighted by molar-refractivity contribution is 0.00336. The molecule has 0 aromatic carbocycles. The third-order valence-electron chi connectivity index (χ3n) is 3.84. The maximum Gasteiger partial charge on any atom is 0.0653 e. The molecule has 2 heteroatoms. The predicted molar refractivity (Wildman–Crippen MR) is 87.5 cm³/mol. The Labute approximate surface area is 124 Å². The number of hydrogen-bond donors (Lipinski definition) is 1. The highest BCUT2D eigenvalue weighted by molar-refractivity contribution is 5.36. The Bertz CT molecular complexity index is 417. The smallest absolute Gasteiger partial charge is 0.0653 e. The highest BCUT2D eigenvalue weighted by atomic mass is 16.3. The van der Waals surface area contributed by atoms with Crippen molar-refractivity contribution in [3.63, 3.8) is 0 Å². The molecule has 1 aliphatic rings. The van der Waals surface area contributed by atoms with Crippen LogP contribution in [0.15, 0.2) is 47.7 Å². The third kappa shape index (κ3) is 5.01. The van der Waals surface area contributed by atoms with Gasteiger partial charge >= 0.3 is 0 Å². The van der Waals surface area contributed by atoms with Crippen LogP contribution in [0.5, 0.6) is 0 Å². The number of aliphatic hydroxyl groups is 1. The zero-order valence-corrected chi connectivity index (χ0v) is 13.4. The SMILES string of the molecule is C=CC=C(C)/C(=C/C(C)=C\CC)N1CCC(C)(O)CC1. The van der Waals surface area contributed by atoms with E-state index in [9.17, 15) is 5.11 Å². The van der Waals surface area contributed by atoms with Gasteiger partial charge in [0.2, 0.25) is 0 Å². The minimum absolute atomic E-state index is 0.508. The first-order chi connectivity index (χ1) is 9.39. The summed E-state index contributed by atoms with van der Waals surface area (Å²) in [6, 6.07) is 0. The number of hydrogen-bond acceptors (Lipinski definition) is 2. The molecule has 1 fully saturated rings. The van der Waals surface area contributed by atoms with E-state index in [1.807, 2.05) is 13.0 Å². The van der Waals surface area contributed by atoms with E-state index in [0.717, 1.165) is 32.4 Å². The summed E-state index contributed by atoms with van der Waals surface area (Å²) in [4.78, 5) is 2.38. The number of likely N-dealkylation sites (tertiary alicyclic amines) is 1. The van der Waals surface area contributed by atoms with E-state index in [2.05, 4.69) is 50.5 Å². The van der Waals surface area contributed by atoms with E-state index in [1.165, 1.54) is 16.8 Å². The lowest BCUT2D eigenvalue weighted by Gasteiger charge is -2.38. The van der Waals surface area contributed by atoms with Crippen molar-refractivity contribution in [1.29, 1.82) is 0 Å². The first-order valence-electron chi connectivity index (χ1n) is 7.55. The van der Waals surface area contributed by atoms with E-state index >= 15 is 0 Å². The summed E-state index contributed by atoms with van der Waals surface area (Å²) in [6.45, 7) is 14.0. The highest BCUT2D eigenvalue weighted by Crippen LogP contribution is 2.27. The topological polar surface area (TPSA) is 23.5 Å². The van der Waals surface area contributed by atoms with Crippen LogP contribution >= 0.6 is 0 Å². The van der Waals surface area contributed by atoms with Gasteiger partial charge in [0.1, 0.15) is 0 Å². The van der Waals surface area contributed by atoms with Crippen LogP contribution < -0.4 is 0 Å². The molecule has 0 amide bonds. The van der Waals surface area contributed by atoms with E-state index in [0.29, 0.717) is 0 Å². The van der Waals surface area contributed by atoms with Crippen LogP contribution in [0.25, 0.3) is 0 Å². The molecule has 0 unspecified atom stereocenters. The van der Waals surface area contributed by atoms with Gasteiger partial charge in [-0.2, -0.15) is 0 Å². The molecule has 112 valence electrons. The number of allylic oxidation sites excluding steroid dienone is 6. The van der Waals surface area contributed by atoms with Gasteiger partial charge in [0.05, 0.1) is 5.60 Å². The largest absolute Gasteiger partial charge is 0.390 e. The lowest BCUT2D eigenvalue weighted by atomic mass is 9.92. The summed E-state index contributed by atoms with van der Waals surface area (Å²) in [5.41, 5.74) is 3.26. The summed E-state index contributed by atoms with van der Waals surface area (Å²) in [5, 5.41) is 10.1. The number of piperidine rings is 1. The Hall–Kier alpha value is -1.28. The van der Waals surface area contributed by atoms with Crippen molar-refractivity contribution in [3.8, 4) is 0 Å². The summed E-state index contributed by atoms with van der Waals surface area (Å²) in [7, 11) is 0. The maximum atomic E-state index is 10.1. The molecule has 0 atom stereocenters. The van der Waals surface area contributed by atoms with Crippen molar-refractivity contribution in [2.45, 2.75) is 52.6 Å². The van der Waals surface area contributed by atoms with E-state index < -0.39 is 5.60 Å². The van der Waals surface area contributed by atoms with E-state index in [-0.39, 0.29) is 0 Å². The molecule has 0 radical (unpaired) electrons. The van der Waals surface area contributed by atoms with Gasteiger partial charge in [-0.15, -0.1) is 0 Å². The molecule has 0 aliphatic carbocycles. The molecule has 0 spiro atoms. The molecule has 1 rings (SSSR count). The zero-order valence-electron chi connectivity index (χ0n) is 13.4. The molecule has 1 saturated heterocycles. The predicted octanol–water partition coefficient (Wildman–Crippen LogP) is 4.21. The Kier molecular flexibility index (Phi) is 6.28. The van der Waals surface area contributed by atoms with Gasteiger partial charge < -0.3 is 10.0 Å².